The minimum atomic E-state index is -1.36. The second kappa shape index (κ2) is 12.5. The number of carbonyl (C=O) groups excluding carboxylic acids is 1. The van der Waals surface area contributed by atoms with Crippen LogP contribution in [0.4, 0.5) is 0 Å². The number of carbonyl (C=O) groups is 2. The maximum Gasteiger partial charge on any atom is 0.328 e. The number of hydrogen-bond acceptors (Lipinski definition) is 6. The third kappa shape index (κ3) is 6.71. The van der Waals surface area contributed by atoms with Crippen LogP contribution in [0.1, 0.15) is 63.0 Å². The average molecular weight is 478 g/mol. The Hall–Kier alpha value is -2.16. The molecule has 2 aliphatic carbocycles. The Kier molecular flexibility index (Phi) is 9.74. The highest BCUT2D eigenvalue weighted by Gasteiger charge is 2.44. The van der Waals surface area contributed by atoms with Gasteiger partial charge >= 0.3 is 5.97 Å². The normalized spacial score (nSPS) is 25.2. The fourth-order valence-corrected chi connectivity index (χ4v) is 5.66. The lowest BCUT2D eigenvalue weighted by molar-refractivity contribution is -0.143. The molecule has 8 nitrogen and oxygen atoms in total. The van der Waals surface area contributed by atoms with E-state index in [2.05, 4.69) is 18.3 Å². The first-order chi connectivity index (χ1) is 16.3. The molecule has 0 aromatic heterocycles. The molecule has 0 bridgehead atoms. The molecule has 0 heterocycles. The van der Waals surface area contributed by atoms with Crippen LogP contribution in [-0.4, -0.2) is 63.8 Å². The van der Waals surface area contributed by atoms with Crippen molar-refractivity contribution in [1.29, 1.82) is 0 Å². The van der Waals surface area contributed by atoms with Crippen LogP contribution in [0, 0.1) is 17.8 Å². The number of aliphatic carboxylic acids is 1. The number of amides is 1. The highest BCUT2D eigenvalue weighted by atomic mass is 16.5. The van der Waals surface area contributed by atoms with Gasteiger partial charge in [0.15, 0.2) is 6.61 Å². The molecule has 2 aliphatic rings. The van der Waals surface area contributed by atoms with Crippen LogP contribution < -0.4 is 10.1 Å². The molecule has 190 valence electrons. The Bertz CT molecular complexity index is 829. The summed E-state index contributed by atoms with van der Waals surface area (Å²) in [6.07, 6.45) is 7.36. The molecule has 0 spiro atoms. The maximum atomic E-state index is 12.1. The van der Waals surface area contributed by atoms with Gasteiger partial charge in [-0.05, 0) is 73.5 Å². The predicted molar refractivity (Wildman–Crippen MR) is 126 cm³/mol. The van der Waals surface area contributed by atoms with Gasteiger partial charge in [-0.25, -0.2) is 4.79 Å². The van der Waals surface area contributed by atoms with E-state index in [-0.39, 0.29) is 24.7 Å². The molecule has 1 amide bonds. The largest absolute Gasteiger partial charge is 0.483 e. The molecule has 1 fully saturated rings. The lowest BCUT2D eigenvalue weighted by Gasteiger charge is -2.32. The zero-order valence-corrected chi connectivity index (χ0v) is 20.0. The van der Waals surface area contributed by atoms with Gasteiger partial charge in [-0.2, -0.15) is 0 Å². The Balaban J connectivity index is 1.59. The van der Waals surface area contributed by atoms with Crippen molar-refractivity contribution >= 4 is 11.9 Å². The summed E-state index contributed by atoms with van der Waals surface area (Å²) in [5.74, 6) is -0.436. The van der Waals surface area contributed by atoms with Crippen LogP contribution in [0.15, 0.2) is 18.2 Å². The average Bonchev–Trinajstić information content (AvgIpc) is 3.12. The van der Waals surface area contributed by atoms with Crippen molar-refractivity contribution < 1.29 is 34.8 Å². The number of aliphatic hydroxyl groups is 3. The summed E-state index contributed by atoms with van der Waals surface area (Å²) >= 11 is 0. The fraction of sp³-hybridized carbons (Fsp3) is 0.692. The quantitative estimate of drug-likeness (QED) is 0.274. The predicted octanol–water partition coefficient (Wildman–Crippen LogP) is 2.06. The lowest BCUT2D eigenvalue weighted by atomic mass is 9.73. The van der Waals surface area contributed by atoms with Gasteiger partial charge in [-0.15, -0.1) is 0 Å². The molecule has 0 unspecified atom stereocenters. The van der Waals surface area contributed by atoms with Crippen LogP contribution in [0.25, 0.3) is 0 Å². The summed E-state index contributed by atoms with van der Waals surface area (Å²) in [5.41, 5.74) is 2.20. The van der Waals surface area contributed by atoms with Crippen molar-refractivity contribution in [3.05, 3.63) is 29.3 Å². The molecule has 5 N–H and O–H groups in total. The summed E-state index contributed by atoms with van der Waals surface area (Å²) in [6, 6.07) is 4.40. The number of benzene rings is 1. The van der Waals surface area contributed by atoms with Gasteiger partial charge in [-0.1, -0.05) is 38.3 Å². The number of fused-ring (bicyclic) bond motifs is 2. The van der Waals surface area contributed by atoms with Crippen molar-refractivity contribution in [2.45, 2.75) is 83.0 Å². The molecule has 3 rings (SSSR count). The van der Waals surface area contributed by atoms with Crippen molar-refractivity contribution in [3.63, 3.8) is 0 Å². The smallest absolute Gasteiger partial charge is 0.328 e. The van der Waals surface area contributed by atoms with Crippen molar-refractivity contribution in [1.82, 2.24) is 5.32 Å². The molecule has 1 saturated carbocycles. The Morgan fingerprint density at radius 1 is 1.21 bits per heavy atom. The van der Waals surface area contributed by atoms with Crippen LogP contribution in [-0.2, 0) is 22.4 Å². The number of nitrogens with one attached hydrogen (secondary N) is 1. The minimum absolute atomic E-state index is 0.181. The minimum Gasteiger partial charge on any atom is -0.483 e. The second-order valence-electron chi connectivity index (χ2n) is 9.85. The molecule has 1 aromatic carbocycles. The van der Waals surface area contributed by atoms with Crippen LogP contribution >= 0.6 is 0 Å². The molecule has 0 radical (unpaired) electrons. The number of rotatable bonds is 13. The SMILES string of the molecule is CCCCC[C@H](O)CC[C@@H]1[C@H]2Cc3cccc(OCC(=O)N[C@@H](CO)C(=O)O)c3C[C@H]2C[C@H]1O. The van der Waals surface area contributed by atoms with E-state index < -0.39 is 24.5 Å². The zero-order valence-electron chi connectivity index (χ0n) is 20.0. The molecular weight excluding hydrogens is 438 g/mol. The van der Waals surface area contributed by atoms with Crippen LogP contribution in [0.2, 0.25) is 0 Å². The Morgan fingerprint density at radius 3 is 2.71 bits per heavy atom. The lowest BCUT2D eigenvalue weighted by Crippen LogP contribution is -2.45. The third-order valence-electron chi connectivity index (χ3n) is 7.49. The van der Waals surface area contributed by atoms with Gasteiger partial charge in [0, 0.05) is 0 Å². The van der Waals surface area contributed by atoms with Crippen molar-refractivity contribution in [3.8, 4) is 5.75 Å². The first-order valence-electron chi connectivity index (χ1n) is 12.6. The van der Waals surface area contributed by atoms with E-state index in [4.69, 9.17) is 14.9 Å². The summed E-state index contributed by atoms with van der Waals surface area (Å²) in [4.78, 5) is 23.1. The topological polar surface area (TPSA) is 136 Å². The van der Waals surface area contributed by atoms with Crippen LogP contribution in [0.5, 0.6) is 5.75 Å². The fourth-order valence-electron chi connectivity index (χ4n) is 5.66. The number of carboxylic acids is 1. The van der Waals surface area contributed by atoms with E-state index in [9.17, 15) is 19.8 Å². The molecule has 0 saturated heterocycles. The highest BCUT2D eigenvalue weighted by Crippen LogP contribution is 2.48. The third-order valence-corrected chi connectivity index (χ3v) is 7.49. The second-order valence-corrected chi connectivity index (χ2v) is 9.85. The first-order valence-corrected chi connectivity index (χ1v) is 12.6. The Morgan fingerprint density at radius 2 is 2.00 bits per heavy atom. The number of hydrogen-bond donors (Lipinski definition) is 5. The molecule has 6 atom stereocenters. The van der Waals surface area contributed by atoms with E-state index in [0.717, 1.165) is 68.9 Å². The molecule has 0 aliphatic heterocycles. The summed E-state index contributed by atoms with van der Waals surface area (Å²) in [7, 11) is 0. The van der Waals surface area contributed by atoms with E-state index >= 15 is 0 Å². The number of aliphatic hydroxyl groups excluding tert-OH is 3. The molecular formula is C26H39NO7. The van der Waals surface area contributed by atoms with E-state index in [0.29, 0.717) is 17.6 Å². The number of unbranched alkanes of at least 4 members (excludes halogenated alkanes) is 2. The standard InChI is InChI=1S/C26H39NO7/c1-2-3-4-7-18(29)9-10-19-20-11-16-6-5-8-24(21(16)12-17(20)13-23(19)30)34-15-25(31)27-22(14-28)26(32)33/h5-6,8,17-20,22-23,28-30H,2-4,7,9-15H2,1H3,(H,27,31)(H,32,33)/t17-,18-,19+,20-,22-,23+/m0/s1. The molecule has 8 heteroatoms. The maximum absolute atomic E-state index is 12.1. The van der Waals surface area contributed by atoms with Crippen molar-refractivity contribution in [2.24, 2.45) is 17.8 Å². The van der Waals surface area contributed by atoms with Gasteiger partial charge in [0.25, 0.3) is 5.91 Å². The van der Waals surface area contributed by atoms with Crippen LogP contribution in [0.3, 0.4) is 0 Å². The van der Waals surface area contributed by atoms with E-state index in [1.165, 1.54) is 0 Å². The van der Waals surface area contributed by atoms with E-state index in [1.54, 1.807) is 0 Å². The summed E-state index contributed by atoms with van der Waals surface area (Å²) in [5, 5.41) is 41.4. The van der Waals surface area contributed by atoms with Gasteiger partial charge in [-0.3, -0.25) is 4.79 Å². The molecule has 34 heavy (non-hydrogen) atoms. The summed E-state index contributed by atoms with van der Waals surface area (Å²) in [6.45, 7) is 1.12. The van der Waals surface area contributed by atoms with Gasteiger partial charge in [0.1, 0.15) is 11.8 Å². The van der Waals surface area contributed by atoms with Gasteiger partial charge < -0.3 is 30.5 Å². The number of ether oxygens (including phenoxy) is 1. The zero-order chi connectivity index (χ0) is 24.7. The monoisotopic (exact) mass is 477 g/mol. The molecule has 1 aromatic rings. The van der Waals surface area contributed by atoms with Gasteiger partial charge in [0.05, 0.1) is 18.8 Å². The highest BCUT2D eigenvalue weighted by molar-refractivity contribution is 5.84. The van der Waals surface area contributed by atoms with E-state index in [1.807, 2.05) is 12.1 Å². The van der Waals surface area contributed by atoms with Gasteiger partial charge in [0.2, 0.25) is 0 Å². The first kappa shape index (κ1) is 26.4. The van der Waals surface area contributed by atoms with Crippen molar-refractivity contribution in [2.75, 3.05) is 13.2 Å². The Labute approximate surface area is 201 Å². The summed E-state index contributed by atoms with van der Waals surface area (Å²) < 4.78 is 5.74. The number of carboxylic acid groups (broad SMARTS) is 1.